The number of aromatic nitrogens is 4. The van der Waals surface area contributed by atoms with Gasteiger partial charge in [0.2, 0.25) is 5.89 Å². The lowest BCUT2D eigenvalue weighted by atomic mass is 10.2. The summed E-state index contributed by atoms with van der Waals surface area (Å²) in [6.07, 6.45) is 1.73. The van der Waals surface area contributed by atoms with E-state index >= 15 is 0 Å². The molecule has 0 unspecified atom stereocenters. The van der Waals surface area contributed by atoms with Crippen molar-refractivity contribution in [1.82, 2.24) is 20.1 Å². The summed E-state index contributed by atoms with van der Waals surface area (Å²) < 4.78 is 18.3. The van der Waals surface area contributed by atoms with E-state index in [1.807, 2.05) is 20.8 Å². The molecule has 0 fully saturated rings. The van der Waals surface area contributed by atoms with Crippen LogP contribution in [0.1, 0.15) is 43.7 Å². The van der Waals surface area contributed by atoms with Crippen molar-refractivity contribution in [1.29, 1.82) is 0 Å². The van der Waals surface area contributed by atoms with Gasteiger partial charge in [0.15, 0.2) is 11.0 Å². The predicted molar refractivity (Wildman–Crippen MR) is 86.6 cm³/mol. The molecule has 5 nitrogen and oxygen atoms in total. The molecule has 0 spiro atoms. The van der Waals surface area contributed by atoms with Gasteiger partial charge in [-0.2, -0.15) is 4.98 Å². The lowest BCUT2D eigenvalue weighted by molar-refractivity contribution is 0.373. The Hall–Kier alpha value is -2.15. The van der Waals surface area contributed by atoms with Gasteiger partial charge in [-0.1, -0.05) is 30.8 Å². The number of aromatic amines is 1. The standard InChI is InChI=1S/C16H17FN4OS/c1-9(2)14-20-15(22-21-14)10(3)23-16-18-8-13(19-16)11-4-6-12(17)7-5-11/h4-10H,1-3H3,(H,18,19)/t10-/m1/s1. The number of thioether (sulfide) groups is 1. The second-order valence-electron chi connectivity index (χ2n) is 5.51. The number of nitrogens with zero attached hydrogens (tertiary/aromatic N) is 3. The zero-order valence-electron chi connectivity index (χ0n) is 13.1. The first-order valence-corrected chi connectivity index (χ1v) is 8.22. The number of benzene rings is 1. The van der Waals surface area contributed by atoms with Crippen molar-refractivity contribution in [2.24, 2.45) is 0 Å². The molecule has 2 heterocycles. The maximum absolute atomic E-state index is 13.0. The minimum Gasteiger partial charge on any atom is -0.338 e. The van der Waals surface area contributed by atoms with Crippen LogP contribution in [0.3, 0.4) is 0 Å². The van der Waals surface area contributed by atoms with Crippen molar-refractivity contribution in [3.05, 3.63) is 48.0 Å². The third kappa shape index (κ3) is 3.61. The zero-order valence-corrected chi connectivity index (χ0v) is 13.9. The predicted octanol–water partition coefficient (Wildman–Crippen LogP) is 4.58. The number of hydrogen-bond donors (Lipinski definition) is 1. The van der Waals surface area contributed by atoms with Crippen molar-refractivity contribution >= 4 is 11.8 Å². The molecule has 1 atom stereocenters. The van der Waals surface area contributed by atoms with Crippen molar-refractivity contribution in [3.63, 3.8) is 0 Å². The molecular formula is C16H17FN4OS. The Morgan fingerprint density at radius 2 is 1.91 bits per heavy atom. The molecule has 3 rings (SSSR count). The lowest BCUT2D eigenvalue weighted by Crippen LogP contribution is -1.93. The topological polar surface area (TPSA) is 67.6 Å². The highest BCUT2D eigenvalue weighted by atomic mass is 32.2. The lowest BCUT2D eigenvalue weighted by Gasteiger charge is -2.03. The monoisotopic (exact) mass is 332 g/mol. The highest BCUT2D eigenvalue weighted by Crippen LogP contribution is 2.33. The summed E-state index contributed by atoms with van der Waals surface area (Å²) in [5.41, 5.74) is 1.73. The molecule has 1 aromatic carbocycles. The molecule has 120 valence electrons. The van der Waals surface area contributed by atoms with Crippen LogP contribution in [0.15, 0.2) is 40.1 Å². The number of halogens is 1. The van der Waals surface area contributed by atoms with Crippen LogP contribution < -0.4 is 0 Å². The Bertz CT molecular complexity index is 781. The summed E-state index contributed by atoms with van der Waals surface area (Å²) in [6.45, 7) is 6.03. The van der Waals surface area contributed by atoms with E-state index in [9.17, 15) is 4.39 Å². The van der Waals surface area contributed by atoms with Gasteiger partial charge in [0, 0.05) is 5.92 Å². The van der Waals surface area contributed by atoms with Gasteiger partial charge in [0.25, 0.3) is 0 Å². The minimum absolute atomic E-state index is 0.0118. The van der Waals surface area contributed by atoms with Crippen LogP contribution in [0.5, 0.6) is 0 Å². The molecule has 0 aliphatic heterocycles. The molecule has 23 heavy (non-hydrogen) atoms. The van der Waals surface area contributed by atoms with Crippen LogP contribution in [0, 0.1) is 5.82 Å². The first-order valence-electron chi connectivity index (χ1n) is 7.34. The molecule has 7 heteroatoms. The molecule has 0 saturated heterocycles. The Morgan fingerprint density at radius 3 is 2.57 bits per heavy atom. The molecule has 0 bridgehead atoms. The molecule has 0 aliphatic carbocycles. The van der Waals surface area contributed by atoms with Crippen LogP contribution >= 0.6 is 11.8 Å². The third-order valence-corrected chi connectivity index (χ3v) is 4.30. The Morgan fingerprint density at radius 1 is 1.17 bits per heavy atom. The first-order chi connectivity index (χ1) is 11.0. The first kappa shape index (κ1) is 15.7. The van der Waals surface area contributed by atoms with Crippen LogP contribution in [0.4, 0.5) is 4.39 Å². The Labute approximate surface area is 137 Å². The Balaban J connectivity index is 1.71. The van der Waals surface area contributed by atoms with Gasteiger partial charge in [-0.25, -0.2) is 9.37 Å². The van der Waals surface area contributed by atoms with E-state index in [1.165, 1.54) is 23.9 Å². The maximum atomic E-state index is 13.0. The fourth-order valence-electron chi connectivity index (χ4n) is 2.00. The van der Waals surface area contributed by atoms with Gasteiger partial charge in [0.1, 0.15) is 5.82 Å². The normalized spacial score (nSPS) is 12.7. The van der Waals surface area contributed by atoms with Gasteiger partial charge in [-0.05, 0) is 36.8 Å². The SMILES string of the molecule is CC(C)c1noc([C@@H](C)Sc2ncc(-c3ccc(F)cc3)[nH]2)n1. The van der Waals surface area contributed by atoms with Crippen LogP contribution in [0.25, 0.3) is 11.3 Å². The average Bonchev–Trinajstić information content (AvgIpc) is 3.17. The number of imidazole rings is 1. The second-order valence-corrected chi connectivity index (χ2v) is 6.84. The molecule has 0 aliphatic rings. The highest BCUT2D eigenvalue weighted by molar-refractivity contribution is 7.99. The van der Waals surface area contributed by atoms with Gasteiger partial charge in [-0.3, -0.25) is 0 Å². The number of rotatable bonds is 5. The maximum Gasteiger partial charge on any atom is 0.239 e. The second kappa shape index (κ2) is 6.54. The smallest absolute Gasteiger partial charge is 0.239 e. The van der Waals surface area contributed by atoms with Gasteiger partial charge >= 0.3 is 0 Å². The van der Waals surface area contributed by atoms with Crippen molar-refractivity contribution in [3.8, 4) is 11.3 Å². The number of nitrogens with one attached hydrogen (secondary N) is 1. The molecule has 1 N–H and O–H groups in total. The van der Waals surface area contributed by atoms with Crippen LogP contribution in [-0.2, 0) is 0 Å². The molecule has 2 aromatic heterocycles. The summed E-state index contributed by atoms with van der Waals surface area (Å²) in [7, 11) is 0. The summed E-state index contributed by atoms with van der Waals surface area (Å²) in [6, 6.07) is 6.29. The van der Waals surface area contributed by atoms with E-state index < -0.39 is 0 Å². The largest absolute Gasteiger partial charge is 0.338 e. The van der Waals surface area contributed by atoms with Gasteiger partial charge in [-0.15, -0.1) is 0 Å². The van der Waals surface area contributed by atoms with E-state index in [0.29, 0.717) is 11.7 Å². The number of H-pyrrole nitrogens is 1. The number of hydrogen-bond acceptors (Lipinski definition) is 5. The summed E-state index contributed by atoms with van der Waals surface area (Å²) in [5.74, 6) is 1.27. The zero-order chi connectivity index (χ0) is 16.4. The quantitative estimate of drug-likeness (QED) is 0.693. The summed E-state index contributed by atoms with van der Waals surface area (Å²) in [4.78, 5) is 12.0. The van der Waals surface area contributed by atoms with E-state index in [2.05, 4.69) is 20.1 Å². The van der Waals surface area contributed by atoms with Crippen LogP contribution in [0.2, 0.25) is 0 Å². The molecule has 0 radical (unpaired) electrons. The fourth-order valence-corrected chi connectivity index (χ4v) is 2.82. The van der Waals surface area contributed by atoms with E-state index in [1.54, 1.807) is 18.3 Å². The third-order valence-electron chi connectivity index (χ3n) is 3.32. The van der Waals surface area contributed by atoms with Crippen LogP contribution in [-0.4, -0.2) is 20.1 Å². The summed E-state index contributed by atoms with van der Waals surface area (Å²) >= 11 is 1.50. The van der Waals surface area contributed by atoms with E-state index in [4.69, 9.17) is 4.52 Å². The Kier molecular flexibility index (Phi) is 4.47. The highest BCUT2D eigenvalue weighted by Gasteiger charge is 2.18. The van der Waals surface area contributed by atoms with Gasteiger partial charge in [0.05, 0.1) is 17.1 Å². The molecule has 0 amide bonds. The van der Waals surface area contributed by atoms with E-state index in [-0.39, 0.29) is 17.0 Å². The fraction of sp³-hybridized carbons (Fsp3) is 0.312. The average molecular weight is 332 g/mol. The van der Waals surface area contributed by atoms with Gasteiger partial charge < -0.3 is 9.51 Å². The van der Waals surface area contributed by atoms with Crippen molar-refractivity contribution in [2.75, 3.05) is 0 Å². The minimum atomic E-state index is -0.256. The van der Waals surface area contributed by atoms with Crippen molar-refractivity contribution < 1.29 is 8.91 Å². The van der Waals surface area contributed by atoms with Crippen molar-refractivity contribution in [2.45, 2.75) is 37.1 Å². The summed E-state index contributed by atoms with van der Waals surface area (Å²) in [5, 5.41) is 4.71. The molecular weight excluding hydrogens is 315 g/mol. The molecule has 3 aromatic rings. The van der Waals surface area contributed by atoms with E-state index in [0.717, 1.165) is 16.4 Å². The molecule has 0 saturated carbocycles.